The van der Waals surface area contributed by atoms with Crippen LogP contribution in [0.25, 0.3) is 0 Å². The van der Waals surface area contributed by atoms with E-state index in [-0.39, 0.29) is 12.1 Å². The third-order valence-corrected chi connectivity index (χ3v) is 3.08. The summed E-state index contributed by atoms with van der Waals surface area (Å²) < 4.78 is 37.2. The minimum absolute atomic E-state index is 0.0704. The largest absolute Gasteiger partial charge is 0.416 e. The first kappa shape index (κ1) is 12.4. The second kappa shape index (κ2) is 4.66. The monoisotopic (exact) mass is 244 g/mol. The molecule has 1 heterocycles. The molecule has 94 valence electrons. The van der Waals surface area contributed by atoms with Crippen LogP contribution in [-0.4, -0.2) is 12.6 Å². The maximum atomic E-state index is 12.4. The molecule has 1 saturated heterocycles. The third-order valence-electron chi connectivity index (χ3n) is 3.08. The Kier molecular flexibility index (Phi) is 3.40. The van der Waals surface area contributed by atoms with Gasteiger partial charge in [0.15, 0.2) is 0 Å². The first-order chi connectivity index (χ1) is 7.97. The molecule has 0 aromatic heterocycles. The number of piperidine rings is 1. The van der Waals surface area contributed by atoms with Crippen LogP contribution in [0.15, 0.2) is 24.3 Å². The zero-order valence-electron chi connectivity index (χ0n) is 9.30. The molecule has 0 bridgehead atoms. The van der Waals surface area contributed by atoms with Crippen molar-refractivity contribution in [3.05, 3.63) is 35.4 Å². The topological polar surface area (TPSA) is 38.0 Å². The number of hydrogen-bond donors (Lipinski definition) is 2. The summed E-state index contributed by atoms with van der Waals surface area (Å²) >= 11 is 0. The van der Waals surface area contributed by atoms with Crippen molar-refractivity contribution in [1.82, 2.24) is 5.32 Å². The molecule has 3 N–H and O–H groups in total. The van der Waals surface area contributed by atoms with Crippen molar-refractivity contribution >= 4 is 0 Å². The van der Waals surface area contributed by atoms with Crippen LogP contribution < -0.4 is 11.1 Å². The molecule has 1 aliphatic heterocycles. The minimum atomic E-state index is -4.27. The van der Waals surface area contributed by atoms with Crippen LogP contribution in [0.4, 0.5) is 13.2 Å². The van der Waals surface area contributed by atoms with Gasteiger partial charge in [0.05, 0.1) is 5.56 Å². The summed E-state index contributed by atoms with van der Waals surface area (Å²) in [6.45, 7) is 0.812. The van der Waals surface area contributed by atoms with Crippen molar-refractivity contribution in [2.24, 2.45) is 5.73 Å². The molecule has 5 heteroatoms. The van der Waals surface area contributed by atoms with Gasteiger partial charge in [-0.05, 0) is 37.1 Å². The first-order valence-electron chi connectivity index (χ1n) is 5.63. The minimum Gasteiger partial charge on any atom is -0.328 e. The second-order valence-electron chi connectivity index (χ2n) is 4.41. The highest BCUT2D eigenvalue weighted by Crippen LogP contribution is 2.31. The van der Waals surface area contributed by atoms with Gasteiger partial charge < -0.3 is 11.1 Å². The van der Waals surface area contributed by atoms with Crippen LogP contribution >= 0.6 is 0 Å². The van der Waals surface area contributed by atoms with Gasteiger partial charge in [-0.3, -0.25) is 0 Å². The summed E-state index contributed by atoms with van der Waals surface area (Å²) in [5.41, 5.74) is 6.10. The van der Waals surface area contributed by atoms with Crippen LogP contribution in [0.5, 0.6) is 0 Å². The van der Waals surface area contributed by atoms with Crippen molar-refractivity contribution < 1.29 is 13.2 Å². The molecule has 2 atom stereocenters. The molecule has 1 fully saturated rings. The maximum Gasteiger partial charge on any atom is 0.416 e. The summed E-state index contributed by atoms with van der Waals surface area (Å²) in [5, 5.41) is 3.26. The van der Waals surface area contributed by atoms with E-state index in [0.717, 1.165) is 37.1 Å². The van der Waals surface area contributed by atoms with E-state index in [2.05, 4.69) is 5.32 Å². The zero-order chi connectivity index (χ0) is 12.5. The summed E-state index contributed by atoms with van der Waals surface area (Å²) in [4.78, 5) is 0. The van der Waals surface area contributed by atoms with Crippen molar-refractivity contribution in [1.29, 1.82) is 0 Å². The average molecular weight is 244 g/mol. The van der Waals surface area contributed by atoms with Crippen molar-refractivity contribution in [3.8, 4) is 0 Å². The number of nitrogens with one attached hydrogen (secondary N) is 1. The summed E-state index contributed by atoms with van der Waals surface area (Å²) in [7, 11) is 0. The lowest BCUT2D eigenvalue weighted by atomic mass is 9.94. The summed E-state index contributed by atoms with van der Waals surface area (Å²) in [6.07, 6.45) is -2.59. The lowest BCUT2D eigenvalue weighted by molar-refractivity contribution is -0.137. The van der Waals surface area contributed by atoms with Gasteiger partial charge in [-0.25, -0.2) is 0 Å². The fourth-order valence-corrected chi connectivity index (χ4v) is 2.11. The molecule has 1 aromatic carbocycles. The van der Waals surface area contributed by atoms with Gasteiger partial charge in [0.25, 0.3) is 0 Å². The zero-order valence-corrected chi connectivity index (χ0v) is 9.30. The molecule has 2 nitrogen and oxygen atoms in total. The van der Waals surface area contributed by atoms with Gasteiger partial charge in [0, 0.05) is 12.1 Å². The molecule has 2 unspecified atom stereocenters. The molecule has 0 radical (unpaired) electrons. The standard InChI is InChI=1S/C12H15F3N2/c13-12(14,15)9-3-1-8(2-4-9)11-7-10(16)5-6-17-11/h1-4,10-11,17H,5-7,16H2. The molecule has 0 spiro atoms. The van der Waals surface area contributed by atoms with E-state index in [1.165, 1.54) is 12.1 Å². The van der Waals surface area contributed by atoms with E-state index in [9.17, 15) is 13.2 Å². The smallest absolute Gasteiger partial charge is 0.328 e. The van der Waals surface area contributed by atoms with E-state index >= 15 is 0 Å². The van der Waals surface area contributed by atoms with Crippen LogP contribution in [-0.2, 0) is 6.18 Å². The number of hydrogen-bond acceptors (Lipinski definition) is 2. The predicted molar refractivity (Wildman–Crippen MR) is 59.4 cm³/mol. The number of rotatable bonds is 1. The molecule has 1 aromatic rings. The predicted octanol–water partition coefficient (Wildman–Crippen LogP) is 2.46. The SMILES string of the molecule is NC1CCNC(c2ccc(C(F)(F)F)cc2)C1. The number of benzene rings is 1. The van der Waals surface area contributed by atoms with E-state index < -0.39 is 11.7 Å². The quantitative estimate of drug-likeness (QED) is 0.796. The normalized spacial score (nSPS) is 25.9. The summed E-state index contributed by atoms with van der Waals surface area (Å²) in [5.74, 6) is 0. The number of halogens is 3. The number of alkyl halides is 3. The molecule has 0 amide bonds. The van der Waals surface area contributed by atoms with Gasteiger partial charge in [0.2, 0.25) is 0 Å². The lowest BCUT2D eigenvalue weighted by Crippen LogP contribution is -2.38. The molecule has 1 aliphatic rings. The number of nitrogens with two attached hydrogens (primary N) is 1. The van der Waals surface area contributed by atoms with Crippen molar-refractivity contribution in [2.45, 2.75) is 31.1 Å². The first-order valence-corrected chi connectivity index (χ1v) is 5.63. The highest BCUT2D eigenvalue weighted by molar-refractivity contribution is 5.27. The van der Waals surface area contributed by atoms with E-state index in [0.29, 0.717) is 0 Å². The Hall–Kier alpha value is -1.07. The Bertz CT molecular complexity index is 372. The van der Waals surface area contributed by atoms with Gasteiger partial charge in [-0.2, -0.15) is 13.2 Å². The van der Waals surface area contributed by atoms with Crippen molar-refractivity contribution in [2.75, 3.05) is 6.54 Å². The molecule has 0 aliphatic carbocycles. The second-order valence-corrected chi connectivity index (χ2v) is 4.41. The van der Waals surface area contributed by atoms with Crippen LogP contribution in [0.3, 0.4) is 0 Å². The lowest BCUT2D eigenvalue weighted by Gasteiger charge is -2.28. The molecular formula is C12H15F3N2. The van der Waals surface area contributed by atoms with Crippen LogP contribution in [0.2, 0.25) is 0 Å². The molecular weight excluding hydrogens is 229 g/mol. The molecule has 2 rings (SSSR count). The van der Waals surface area contributed by atoms with E-state index in [1.807, 2.05) is 0 Å². The Morgan fingerprint density at radius 3 is 2.35 bits per heavy atom. The van der Waals surface area contributed by atoms with Gasteiger partial charge in [-0.1, -0.05) is 12.1 Å². The van der Waals surface area contributed by atoms with E-state index in [4.69, 9.17) is 5.73 Å². The molecule has 17 heavy (non-hydrogen) atoms. The fraction of sp³-hybridized carbons (Fsp3) is 0.500. The Labute approximate surface area is 98.0 Å². The van der Waals surface area contributed by atoms with Crippen LogP contribution in [0.1, 0.15) is 30.0 Å². The highest BCUT2D eigenvalue weighted by Gasteiger charge is 2.30. The van der Waals surface area contributed by atoms with Gasteiger partial charge in [-0.15, -0.1) is 0 Å². The highest BCUT2D eigenvalue weighted by atomic mass is 19.4. The maximum absolute atomic E-state index is 12.4. The van der Waals surface area contributed by atoms with Gasteiger partial charge >= 0.3 is 6.18 Å². The average Bonchev–Trinajstić information content (AvgIpc) is 2.28. The fourth-order valence-electron chi connectivity index (χ4n) is 2.11. The molecule has 0 saturated carbocycles. The van der Waals surface area contributed by atoms with Crippen molar-refractivity contribution in [3.63, 3.8) is 0 Å². The van der Waals surface area contributed by atoms with E-state index in [1.54, 1.807) is 0 Å². The Morgan fingerprint density at radius 1 is 1.18 bits per heavy atom. The van der Waals surface area contributed by atoms with Gasteiger partial charge in [0.1, 0.15) is 0 Å². The Morgan fingerprint density at radius 2 is 1.82 bits per heavy atom. The third kappa shape index (κ3) is 2.98. The Balaban J connectivity index is 2.12. The van der Waals surface area contributed by atoms with Crippen LogP contribution in [0, 0.1) is 0 Å². The summed E-state index contributed by atoms with van der Waals surface area (Å²) in [6, 6.07) is 5.50.